The molecule has 0 spiro atoms. The van der Waals surface area contributed by atoms with Crippen LogP contribution in [0.2, 0.25) is 0 Å². The third-order valence-corrected chi connectivity index (χ3v) is 2.97. The van der Waals surface area contributed by atoms with Crippen LogP contribution in [0.1, 0.15) is 5.56 Å². The van der Waals surface area contributed by atoms with Gasteiger partial charge in [0.1, 0.15) is 5.75 Å². The summed E-state index contributed by atoms with van der Waals surface area (Å²) < 4.78 is 0. The zero-order valence-corrected chi connectivity index (χ0v) is 9.40. The van der Waals surface area contributed by atoms with Gasteiger partial charge in [-0.3, -0.25) is 0 Å². The van der Waals surface area contributed by atoms with Crippen LogP contribution < -0.4 is 4.90 Å². The highest BCUT2D eigenvalue weighted by molar-refractivity contribution is 5.59. The molecular formula is C12H18N2O. The van der Waals surface area contributed by atoms with Gasteiger partial charge in [-0.15, -0.1) is 0 Å². The molecule has 0 unspecified atom stereocenters. The van der Waals surface area contributed by atoms with E-state index in [9.17, 15) is 5.11 Å². The first kappa shape index (κ1) is 10.3. The summed E-state index contributed by atoms with van der Waals surface area (Å²) in [4.78, 5) is 4.56. The minimum Gasteiger partial charge on any atom is -0.506 e. The van der Waals surface area contributed by atoms with E-state index in [0.29, 0.717) is 5.75 Å². The molecule has 0 radical (unpaired) electrons. The van der Waals surface area contributed by atoms with Gasteiger partial charge in [0.05, 0.1) is 5.69 Å². The number of hydrogen-bond donors (Lipinski definition) is 1. The van der Waals surface area contributed by atoms with E-state index in [2.05, 4.69) is 29.8 Å². The third kappa shape index (κ3) is 2.23. The van der Waals surface area contributed by atoms with Gasteiger partial charge < -0.3 is 14.9 Å². The number of piperazine rings is 1. The topological polar surface area (TPSA) is 26.7 Å². The number of benzene rings is 1. The Morgan fingerprint density at radius 1 is 1.13 bits per heavy atom. The first-order chi connectivity index (χ1) is 7.16. The summed E-state index contributed by atoms with van der Waals surface area (Å²) in [6, 6.07) is 5.78. The molecule has 15 heavy (non-hydrogen) atoms. The van der Waals surface area contributed by atoms with Crippen molar-refractivity contribution in [3.05, 3.63) is 23.8 Å². The fourth-order valence-electron chi connectivity index (χ4n) is 1.93. The molecule has 1 saturated heterocycles. The largest absolute Gasteiger partial charge is 0.506 e. The molecule has 0 amide bonds. The number of rotatable bonds is 1. The number of nitrogens with zero attached hydrogens (tertiary/aromatic N) is 2. The minimum absolute atomic E-state index is 0.394. The predicted octanol–water partition coefficient (Wildman–Crippen LogP) is 1.45. The summed E-state index contributed by atoms with van der Waals surface area (Å²) in [6.07, 6.45) is 0. The van der Waals surface area contributed by atoms with E-state index in [1.807, 2.05) is 6.07 Å². The smallest absolute Gasteiger partial charge is 0.138 e. The van der Waals surface area contributed by atoms with E-state index >= 15 is 0 Å². The quantitative estimate of drug-likeness (QED) is 0.753. The summed E-state index contributed by atoms with van der Waals surface area (Å²) in [5.41, 5.74) is 2.17. The Morgan fingerprint density at radius 2 is 1.80 bits per heavy atom. The maximum Gasteiger partial charge on any atom is 0.138 e. The number of hydrogen-bond acceptors (Lipinski definition) is 3. The Bertz CT molecular complexity index is 343. The highest BCUT2D eigenvalue weighted by Crippen LogP contribution is 2.28. The molecule has 0 aromatic heterocycles. The molecule has 0 aliphatic carbocycles. The van der Waals surface area contributed by atoms with E-state index in [1.54, 1.807) is 6.07 Å². The lowest BCUT2D eigenvalue weighted by atomic mass is 10.1. The van der Waals surface area contributed by atoms with Crippen LogP contribution in [0.4, 0.5) is 5.69 Å². The summed E-state index contributed by atoms with van der Waals surface area (Å²) in [5.74, 6) is 0.394. The second-order valence-electron chi connectivity index (χ2n) is 4.28. The van der Waals surface area contributed by atoms with Gasteiger partial charge in [0, 0.05) is 26.2 Å². The molecule has 2 rings (SSSR count). The minimum atomic E-state index is 0.394. The van der Waals surface area contributed by atoms with Crippen LogP contribution in [-0.2, 0) is 0 Å². The summed E-state index contributed by atoms with van der Waals surface area (Å²) in [6.45, 7) is 6.17. The van der Waals surface area contributed by atoms with E-state index in [0.717, 1.165) is 31.9 Å². The Morgan fingerprint density at radius 3 is 2.47 bits per heavy atom. The van der Waals surface area contributed by atoms with Gasteiger partial charge in [-0.25, -0.2) is 0 Å². The predicted molar refractivity (Wildman–Crippen MR) is 62.6 cm³/mol. The second-order valence-corrected chi connectivity index (χ2v) is 4.28. The first-order valence-corrected chi connectivity index (χ1v) is 5.40. The van der Waals surface area contributed by atoms with Crippen molar-refractivity contribution < 1.29 is 5.11 Å². The average molecular weight is 206 g/mol. The van der Waals surface area contributed by atoms with Crippen LogP contribution >= 0.6 is 0 Å². The lowest BCUT2D eigenvalue weighted by Gasteiger charge is -2.34. The van der Waals surface area contributed by atoms with E-state index in [4.69, 9.17) is 0 Å². The van der Waals surface area contributed by atoms with Crippen molar-refractivity contribution in [3.8, 4) is 5.75 Å². The summed E-state index contributed by atoms with van der Waals surface area (Å²) in [7, 11) is 2.13. The maximum atomic E-state index is 9.80. The molecule has 1 fully saturated rings. The van der Waals surface area contributed by atoms with Gasteiger partial charge in [0.2, 0.25) is 0 Å². The molecule has 82 valence electrons. The van der Waals surface area contributed by atoms with Crippen molar-refractivity contribution in [2.75, 3.05) is 38.1 Å². The zero-order chi connectivity index (χ0) is 10.8. The average Bonchev–Trinajstić information content (AvgIpc) is 2.23. The Labute approximate surface area is 90.9 Å². The van der Waals surface area contributed by atoms with Crippen molar-refractivity contribution in [3.63, 3.8) is 0 Å². The Balaban J connectivity index is 2.18. The number of phenolic OH excluding ortho intramolecular Hbond substituents is 1. The van der Waals surface area contributed by atoms with Crippen LogP contribution in [0.15, 0.2) is 18.2 Å². The van der Waals surface area contributed by atoms with Crippen molar-refractivity contribution >= 4 is 5.69 Å². The Hall–Kier alpha value is -1.22. The fourth-order valence-corrected chi connectivity index (χ4v) is 1.93. The van der Waals surface area contributed by atoms with Gasteiger partial charge in [0.15, 0.2) is 0 Å². The molecule has 0 saturated carbocycles. The molecule has 3 nitrogen and oxygen atoms in total. The van der Waals surface area contributed by atoms with Crippen molar-refractivity contribution in [2.45, 2.75) is 6.92 Å². The normalized spacial score (nSPS) is 18.1. The highest BCUT2D eigenvalue weighted by Gasteiger charge is 2.16. The maximum absolute atomic E-state index is 9.80. The van der Waals surface area contributed by atoms with Gasteiger partial charge >= 0.3 is 0 Å². The summed E-state index contributed by atoms with van der Waals surface area (Å²) in [5, 5.41) is 9.80. The lowest BCUT2D eigenvalue weighted by molar-refractivity contribution is 0.311. The standard InChI is InChI=1S/C12H18N2O/c1-10-3-4-12(15)11(9-10)14-7-5-13(2)6-8-14/h3-4,9,15H,5-8H2,1-2H3. The van der Waals surface area contributed by atoms with E-state index in [1.165, 1.54) is 5.56 Å². The summed E-state index contributed by atoms with van der Waals surface area (Å²) >= 11 is 0. The SMILES string of the molecule is Cc1ccc(O)c(N2CCN(C)CC2)c1. The molecule has 1 aliphatic rings. The van der Waals surface area contributed by atoms with Crippen LogP contribution in [0.25, 0.3) is 0 Å². The first-order valence-electron chi connectivity index (χ1n) is 5.40. The molecule has 1 N–H and O–H groups in total. The van der Waals surface area contributed by atoms with Crippen molar-refractivity contribution in [1.29, 1.82) is 0 Å². The fraction of sp³-hybridized carbons (Fsp3) is 0.500. The highest BCUT2D eigenvalue weighted by atomic mass is 16.3. The van der Waals surface area contributed by atoms with Gasteiger partial charge in [-0.1, -0.05) is 6.07 Å². The lowest BCUT2D eigenvalue weighted by Crippen LogP contribution is -2.44. The number of aromatic hydroxyl groups is 1. The molecule has 0 atom stereocenters. The van der Waals surface area contributed by atoms with Crippen LogP contribution in [0, 0.1) is 6.92 Å². The molecule has 1 aromatic rings. The number of likely N-dealkylation sites (N-methyl/N-ethyl adjacent to an activating group) is 1. The van der Waals surface area contributed by atoms with Crippen molar-refractivity contribution in [2.24, 2.45) is 0 Å². The number of phenols is 1. The van der Waals surface area contributed by atoms with E-state index in [-0.39, 0.29) is 0 Å². The van der Waals surface area contributed by atoms with Gasteiger partial charge in [-0.05, 0) is 31.7 Å². The van der Waals surface area contributed by atoms with Crippen LogP contribution in [0.3, 0.4) is 0 Å². The van der Waals surface area contributed by atoms with Crippen LogP contribution in [0.5, 0.6) is 5.75 Å². The van der Waals surface area contributed by atoms with Gasteiger partial charge in [0.25, 0.3) is 0 Å². The molecule has 1 aliphatic heterocycles. The van der Waals surface area contributed by atoms with Crippen molar-refractivity contribution in [1.82, 2.24) is 4.90 Å². The molecule has 1 heterocycles. The number of aryl methyl sites for hydroxylation is 1. The molecule has 3 heteroatoms. The van der Waals surface area contributed by atoms with Gasteiger partial charge in [-0.2, -0.15) is 0 Å². The second kappa shape index (κ2) is 4.11. The van der Waals surface area contributed by atoms with Crippen LogP contribution in [-0.4, -0.2) is 43.2 Å². The monoisotopic (exact) mass is 206 g/mol. The molecule has 1 aromatic carbocycles. The van der Waals surface area contributed by atoms with E-state index < -0.39 is 0 Å². The number of anilines is 1. The Kier molecular flexibility index (Phi) is 2.82. The zero-order valence-electron chi connectivity index (χ0n) is 9.40. The molecular weight excluding hydrogens is 188 g/mol. The molecule has 0 bridgehead atoms. The third-order valence-electron chi connectivity index (χ3n) is 2.97.